The number of aromatic hydroxyl groups is 1. The number of hydrogen-bond donors (Lipinski definition) is 1. The van der Waals surface area contributed by atoms with Crippen LogP contribution < -0.4 is 9.47 Å². The standard InChI is InChI=1S/C11H12F2O3/c1-11(12,13)7-5-9-10(6-8(7)14)16-4-2-3-15-9/h5-6,14H,2-4H2,1H3. The molecular formula is C11H12F2O3. The quantitative estimate of drug-likeness (QED) is 0.806. The molecule has 2 rings (SSSR count). The molecule has 0 atom stereocenters. The smallest absolute Gasteiger partial charge is 0.274 e. The first kappa shape index (κ1) is 11.0. The van der Waals surface area contributed by atoms with Crippen molar-refractivity contribution < 1.29 is 23.4 Å². The minimum atomic E-state index is -3.10. The van der Waals surface area contributed by atoms with Crippen LogP contribution in [0.5, 0.6) is 17.2 Å². The van der Waals surface area contributed by atoms with Gasteiger partial charge >= 0.3 is 0 Å². The molecule has 1 N–H and O–H groups in total. The van der Waals surface area contributed by atoms with Gasteiger partial charge in [-0.2, -0.15) is 0 Å². The highest BCUT2D eigenvalue weighted by molar-refractivity contribution is 5.51. The van der Waals surface area contributed by atoms with E-state index in [0.717, 1.165) is 13.0 Å². The van der Waals surface area contributed by atoms with Crippen LogP contribution in [-0.2, 0) is 5.92 Å². The van der Waals surface area contributed by atoms with Crippen LogP contribution in [0.25, 0.3) is 0 Å². The summed E-state index contributed by atoms with van der Waals surface area (Å²) in [4.78, 5) is 0. The molecule has 1 aromatic rings. The fourth-order valence-corrected chi connectivity index (χ4v) is 1.55. The molecular weight excluding hydrogens is 218 g/mol. The number of alkyl halides is 2. The van der Waals surface area contributed by atoms with Crippen molar-refractivity contribution in [3.05, 3.63) is 17.7 Å². The molecule has 1 aromatic carbocycles. The van der Waals surface area contributed by atoms with Crippen molar-refractivity contribution in [2.75, 3.05) is 13.2 Å². The van der Waals surface area contributed by atoms with Crippen LogP contribution in [0.4, 0.5) is 8.78 Å². The maximum atomic E-state index is 13.1. The molecule has 0 unspecified atom stereocenters. The van der Waals surface area contributed by atoms with E-state index in [9.17, 15) is 13.9 Å². The van der Waals surface area contributed by atoms with Crippen LogP contribution >= 0.6 is 0 Å². The summed E-state index contributed by atoms with van der Waals surface area (Å²) in [6.45, 7) is 1.60. The highest BCUT2D eigenvalue weighted by Gasteiger charge is 2.30. The number of phenols is 1. The molecule has 0 radical (unpaired) electrons. The van der Waals surface area contributed by atoms with Gasteiger partial charge in [-0.1, -0.05) is 0 Å². The Morgan fingerprint density at radius 1 is 1.19 bits per heavy atom. The largest absolute Gasteiger partial charge is 0.507 e. The van der Waals surface area contributed by atoms with E-state index in [-0.39, 0.29) is 5.75 Å². The number of fused-ring (bicyclic) bond motifs is 1. The summed E-state index contributed by atoms with van der Waals surface area (Å²) in [6.07, 6.45) is 0.688. The van der Waals surface area contributed by atoms with Crippen LogP contribution in [0.1, 0.15) is 18.9 Å². The second kappa shape index (κ2) is 3.81. The first-order valence-corrected chi connectivity index (χ1v) is 4.99. The molecule has 0 saturated heterocycles. The fourth-order valence-electron chi connectivity index (χ4n) is 1.55. The summed E-state index contributed by atoms with van der Waals surface area (Å²) in [6, 6.07) is 2.31. The number of rotatable bonds is 1. The predicted molar refractivity (Wildman–Crippen MR) is 53.3 cm³/mol. The number of ether oxygens (including phenoxy) is 2. The van der Waals surface area contributed by atoms with Gasteiger partial charge in [0, 0.05) is 19.4 Å². The van der Waals surface area contributed by atoms with Crippen molar-refractivity contribution in [3.63, 3.8) is 0 Å². The van der Waals surface area contributed by atoms with E-state index < -0.39 is 17.2 Å². The minimum Gasteiger partial charge on any atom is -0.507 e. The van der Waals surface area contributed by atoms with E-state index in [0.29, 0.717) is 25.4 Å². The van der Waals surface area contributed by atoms with Crippen molar-refractivity contribution in [2.45, 2.75) is 19.3 Å². The number of phenolic OH excluding ortho intramolecular Hbond substituents is 1. The predicted octanol–water partition coefficient (Wildman–Crippen LogP) is 2.67. The molecule has 1 aliphatic rings. The molecule has 3 nitrogen and oxygen atoms in total. The average molecular weight is 230 g/mol. The fraction of sp³-hybridized carbons (Fsp3) is 0.455. The summed E-state index contributed by atoms with van der Waals surface area (Å²) < 4.78 is 36.8. The lowest BCUT2D eigenvalue weighted by molar-refractivity contribution is 0.0148. The molecule has 16 heavy (non-hydrogen) atoms. The van der Waals surface area contributed by atoms with Gasteiger partial charge in [-0.3, -0.25) is 0 Å². The van der Waals surface area contributed by atoms with Gasteiger partial charge in [0.1, 0.15) is 5.75 Å². The Kier molecular flexibility index (Phi) is 2.61. The van der Waals surface area contributed by atoms with E-state index in [1.165, 1.54) is 6.07 Å². The van der Waals surface area contributed by atoms with Crippen LogP contribution in [-0.4, -0.2) is 18.3 Å². The van der Waals surface area contributed by atoms with E-state index in [1.54, 1.807) is 0 Å². The molecule has 0 amide bonds. The van der Waals surface area contributed by atoms with Gasteiger partial charge in [-0.15, -0.1) is 0 Å². The zero-order valence-corrected chi connectivity index (χ0v) is 8.80. The van der Waals surface area contributed by atoms with Crippen molar-refractivity contribution in [1.82, 2.24) is 0 Å². The molecule has 0 saturated carbocycles. The van der Waals surface area contributed by atoms with E-state index in [1.807, 2.05) is 0 Å². The summed E-state index contributed by atoms with van der Waals surface area (Å²) >= 11 is 0. The minimum absolute atomic E-state index is 0.256. The summed E-state index contributed by atoms with van der Waals surface area (Å²) in [5.74, 6) is -3.01. The molecule has 0 spiro atoms. The van der Waals surface area contributed by atoms with Crippen molar-refractivity contribution in [3.8, 4) is 17.2 Å². The average Bonchev–Trinajstić information content (AvgIpc) is 2.39. The highest BCUT2D eigenvalue weighted by Crippen LogP contribution is 2.42. The van der Waals surface area contributed by atoms with Crippen molar-refractivity contribution in [2.24, 2.45) is 0 Å². The Bertz CT molecular complexity index is 399. The van der Waals surface area contributed by atoms with Crippen LogP contribution in [0.3, 0.4) is 0 Å². The molecule has 1 aliphatic heterocycles. The zero-order chi connectivity index (χ0) is 11.8. The van der Waals surface area contributed by atoms with Crippen molar-refractivity contribution >= 4 is 0 Å². The van der Waals surface area contributed by atoms with Gasteiger partial charge in [0.25, 0.3) is 5.92 Å². The maximum absolute atomic E-state index is 13.1. The third kappa shape index (κ3) is 2.03. The molecule has 0 fully saturated rings. The van der Waals surface area contributed by atoms with Gasteiger partial charge in [0.2, 0.25) is 0 Å². The van der Waals surface area contributed by atoms with E-state index in [2.05, 4.69) is 0 Å². The lowest BCUT2D eigenvalue weighted by atomic mass is 10.1. The maximum Gasteiger partial charge on any atom is 0.274 e. The molecule has 5 heteroatoms. The van der Waals surface area contributed by atoms with Crippen LogP contribution in [0.2, 0.25) is 0 Å². The normalized spacial score (nSPS) is 15.7. The molecule has 0 bridgehead atoms. The Morgan fingerprint density at radius 3 is 2.31 bits per heavy atom. The first-order valence-electron chi connectivity index (χ1n) is 4.99. The Morgan fingerprint density at radius 2 is 1.75 bits per heavy atom. The van der Waals surface area contributed by atoms with Gasteiger partial charge in [-0.25, -0.2) is 8.78 Å². The zero-order valence-electron chi connectivity index (χ0n) is 8.80. The number of halogens is 2. The first-order chi connectivity index (χ1) is 7.48. The lowest BCUT2D eigenvalue weighted by Crippen LogP contribution is -2.08. The highest BCUT2D eigenvalue weighted by atomic mass is 19.3. The van der Waals surface area contributed by atoms with Crippen LogP contribution in [0.15, 0.2) is 12.1 Å². The second-order valence-electron chi connectivity index (χ2n) is 3.75. The summed E-state index contributed by atoms with van der Waals surface area (Å²) in [5, 5.41) is 9.48. The topological polar surface area (TPSA) is 38.7 Å². The second-order valence-corrected chi connectivity index (χ2v) is 3.75. The lowest BCUT2D eigenvalue weighted by Gasteiger charge is -2.15. The van der Waals surface area contributed by atoms with Crippen molar-refractivity contribution in [1.29, 1.82) is 0 Å². The SMILES string of the molecule is CC(F)(F)c1cc2c(cc1O)OCCCO2. The van der Waals surface area contributed by atoms with Gasteiger partial charge in [0.15, 0.2) is 11.5 Å². The summed E-state index contributed by atoms with van der Waals surface area (Å²) in [5.41, 5.74) is -0.447. The summed E-state index contributed by atoms with van der Waals surface area (Å²) in [7, 11) is 0. The number of hydrogen-bond acceptors (Lipinski definition) is 3. The van der Waals surface area contributed by atoms with Crippen LogP contribution in [0, 0.1) is 0 Å². The third-order valence-corrected chi connectivity index (χ3v) is 2.34. The molecule has 1 heterocycles. The van der Waals surface area contributed by atoms with E-state index in [4.69, 9.17) is 9.47 Å². The Hall–Kier alpha value is -1.52. The van der Waals surface area contributed by atoms with Gasteiger partial charge in [-0.05, 0) is 6.07 Å². The Balaban J connectivity index is 2.47. The monoisotopic (exact) mass is 230 g/mol. The number of benzene rings is 1. The van der Waals surface area contributed by atoms with Gasteiger partial charge < -0.3 is 14.6 Å². The molecule has 88 valence electrons. The molecule has 0 aromatic heterocycles. The third-order valence-electron chi connectivity index (χ3n) is 2.34. The Labute approximate surface area is 91.6 Å². The van der Waals surface area contributed by atoms with Gasteiger partial charge in [0.05, 0.1) is 18.8 Å². The van der Waals surface area contributed by atoms with E-state index >= 15 is 0 Å². The molecule has 0 aliphatic carbocycles.